The second-order valence-electron chi connectivity index (χ2n) is 5.15. The maximum absolute atomic E-state index is 12.2. The Balaban J connectivity index is 1.98. The summed E-state index contributed by atoms with van der Waals surface area (Å²) < 4.78 is 0. The molecule has 5 heteroatoms. The van der Waals surface area contributed by atoms with E-state index in [4.69, 9.17) is 11.6 Å². The SMILES string of the molecule is Cc1c(Cl)cccc1CNC(=O)C1CCCC(=O)N1C. The molecule has 0 bridgehead atoms. The van der Waals surface area contributed by atoms with Gasteiger partial charge in [0.1, 0.15) is 6.04 Å². The first kappa shape index (κ1) is 14.9. The van der Waals surface area contributed by atoms with Crippen LogP contribution in [0.15, 0.2) is 18.2 Å². The molecule has 1 aromatic rings. The largest absolute Gasteiger partial charge is 0.350 e. The molecule has 1 aliphatic heterocycles. The second kappa shape index (κ2) is 6.27. The molecule has 20 heavy (non-hydrogen) atoms. The van der Waals surface area contributed by atoms with Gasteiger partial charge in [-0.25, -0.2) is 0 Å². The Labute approximate surface area is 124 Å². The quantitative estimate of drug-likeness (QED) is 0.930. The fourth-order valence-electron chi connectivity index (χ4n) is 2.44. The van der Waals surface area contributed by atoms with Crippen LogP contribution in [0.2, 0.25) is 5.02 Å². The van der Waals surface area contributed by atoms with Crippen molar-refractivity contribution in [3.8, 4) is 0 Å². The van der Waals surface area contributed by atoms with E-state index < -0.39 is 0 Å². The summed E-state index contributed by atoms with van der Waals surface area (Å²) in [5.74, 6) is -0.0599. The monoisotopic (exact) mass is 294 g/mol. The Hall–Kier alpha value is -1.55. The summed E-state index contributed by atoms with van der Waals surface area (Å²) >= 11 is 6.05. The standard InChI is InChI=1S/C15H19ClN2O2/c1-10-11(5-3-6-12(10)16)9-17-15(20)13-7-4-8-14(19)18(13)2/h3,5-6,13H,4,7-9H2,1-2H3,(H,17,20). The Morgan fingerprint density at radius 1 is 1.50 bits per heavy atom. The van der Waals surface area contributed by atoms with Crippen LogP contribution in [-0.2, 0) is 16.1 Å². The first-order valence-corrected chi connectivity index (χ1v) is 7.16. The number of rotatable bonds is 3. The highest BCUT2D eigenvalue weighted by molar-refractivity contribution is 6.31. The van der Waals surface area contributed by atoms with Gasteiger partial charge in [0, 0.05) is 25.0 Å². The summed E-state index contributed by atoms with van der Waals surface area (Å²) in [4.78, 5) is 25.3. The first-order valence-electron chi connectivity index (χ1n) is 6.78. The van der Waals surface area contributed by atoms with Gasteiger partial charge in [0.25, 0.3) is 0 Å². The molecule has 0 aliphatic carbocycles. The fraction of sp³-hybridized carbons (Fsp3) is 0.467. The third kappa shape index (κ3) is 3.12. The average Bonchev–Trinajstić information content (AvgIpc) is 2.43. The maximum Gasteiger partial charge on any atom is 0.243 e. The van der Waals surface area contributed by atoms with E-state index in [9.17, 15) is 9.59 Å². The molecule has 1 N–H and O–H groups in total. The lowest BCUT2D eigenvalue weighted by Crippen LogP contribution is -2.49. The minimum absolute atomic E-state index is 0.0373. The molecule has 4 nitrogen and oxygen atoms in total. The molecule has 0 aromatic heterocycles. The summed E-state index contributed by atoms with van der Waals surface area (Å²) in [5.41, 5.74) is 1.97. The summed E-state index contributed by atoms with van der Waals surface area (Å²) in [5, 5.41) is 3.59. The molecule has 2 rings (SSSR count). The smallest absolute Gasteiger partial charge is 0.243 e. The second-order valence-corrected chi connectivity index (χ2v) is 5.56. The molecule has 2 amide bonds. The van der Waals surface area contributed by atoms with Crippen molar-refractivity contribution < 1.29 is 9.59 Å². The normalized spacial score (nSPS) is 19.1. The van der Waals surface area contributed by atoms with Gasteiger partial charge >= 0.3 is 0 Å². The molecular weight excluding hydrogens is 276 g/mol. The van der Waals surface area contributed by atoms with Crippen LogP contribution < -0.4 is 5.32 Å². The maximum atomic E-state index is 12.2. The number of carbonyl (C=O) groups is 2. The number of piperidine rings is 1. The highest BCUT2D eigenvalue weighted by Crippen LogP contribution is 2.19. The van der Waals surface area contributed by atoms with Crippen molar-refractivity contribution in [1.82, 2.24) is 10.2 Å². The zero-order valence-corrected chi connectivity index (χ0v) is 12.5. The van der Waals surface area contributed by atoms with Crippen LogP contribution >= 0.6 is 11.6 Å². The van der Waals surface area contributed by atoms with Crippen LogP contribution in [0.25, 0.3) is 0 Å². The van der Waals surface area contributed by atoms with E-state index in [0.717, 1.165) is 24.0 Å². The molecule has 0 spiro atoms. The Bertz CT molecular complexity index is 531. The summed E-state index contributed by atoms with van der Waals surface area (Å²) in [6.45, 7) is 2.36. The lowest BCUT2D eigenvalue weighted by atomic mass is 10.0. The third-order valence-electron chi connectivity index (χ3n) is 3.86. The zero-order chi connectivity index (χ0) is 14.7. The number of likely N-dealkylation sites (N-methyl/N-ethyl adjacent to an activating group) is 1. The van der Waals surface area contributed by atoms with Crippen LogP contribution in [0.5, 0.6) is 0 Å². The number of amides is 2. The molecule has 1 atom stereocenters. The number of carbonyl (C=O) groups excluding carboxylic acids is 2. The van der Waals surface area contributed by atoms with Crippen LogP contribution in [0.1, 0.15) is 30.4 Å². The van der Waals surface area contributed by atoms with Crippen molar-refractivity contribution >= 4 is 23.4 Å². The van der Waals surface area contributed by atoms with E-state index in [1.165, 1.54) is 0 Å². The average molecular weight is 295 g/mol. The van der Waals surface area contributed by atoms with Gasteiger partial charge in [-0.05, 0) is 37.0 Å². The van der Waals surface area contributed by atoms with Crippen LogP contribution in [0.3, 0.4) is 0 Å². The fourth-order valence-corrected chi connectivity index (χ4v) is 2.64. The van der Waals surface area contributed by atoms with E-state index in [-0.39, 0.29) is 17.9 Å². The van der Waals surface area contributed by atoms with Crippen molar-refractivity contribution in [2.45, 2.75) is 38.8 Å². The van der Waals surface area contributed by atoms with Gasteiger partial charge in [0.15, 0.2) is 0 Å². The zero-order valence-electron chi connectivity index (χ0n) is 11.8. The minimum atomic E-state index is -0.351. The molecule has 1 aromatic carbocycles. The molecule has 1 saturated heterocycles. The Morgan fingerprint density at radius 2 is 2.25 bits per heavy atom. The number of likely N-dealkylation sites (tertiary alicyclic amines) is 1. The molecule has 1 heterocycles. The topological polar surface area (TPSA) is 49.4 Å². The molecular formula is C15H19ClN2O2. The molecule has 1 unspecified atom stereocenters. The van der Waals surface area contributed by atoms with Crippen LogP contribution in [-0.4, -0.2) is 29.8 Å². The van der Waals surface area contributed by atoms with Crippen molar-refractivity contribution in [3.05, 3.63) is 34.3 Å². The number of hydrogen-bond donors (Lipinski definition) is 1. The molecule has 108 valence electrons. The van der Waals surface area contributed by atoms with E-state index in [1.54, 1.807) is 11.9 Å². The Morgan fingerprint density at radius 3 is 3.00 bits per heavy atom. The summed E-state index contributed by atoms with van der Waals surface area (Å²) in [7, 11) is 1.69. The Kier molecular flexibility index (Phi) is 4.65. The van der Waals surface area contributed by atoms with E-state index in [1.807, 2.05) is 25.1 Å². The molecule has 1 fully saturated rings. The number of halogens is 1. The number of nitrogens with one attached hydrogen (secondary N) is 1. The van der Waals surface area contributed by atoms with Crippen molar-refractivity contribution in [2.24, 2.45) is 0 Å². The number of nitrogens with zero attached hydrogens (tertiary/aromatic N) is 1. The van der Waals surface area contributed by atoms with Crippen molar-refractivity contribution in [2.75, 3.05) is 7.05 Å². The third-order valence-corrected chi connectivity index (χ3v) is 4.27. The molecule has 1 aliphatic rings. The van der Waals surface area contributed by atoms with Gasteiger partial charge < -0.3 is 10.2 Å². The van der Waals surface area contributed by atoms with Gasteiger partial charge in [-0.2, -0.15) is 0 Å². The predicted molar refractivity (Wildman–Crippen MR) is 78.4 cm³/mol. The van der Waals surface area contributed by atoms with Crippen molar-refractivity contribution in [1.29, 1.82) is 0 Å². The van der Waals surface area contributed by atoms with Crippen molar-refractivity contribution in [3.63, 3.8) is 0 Å². The van der Waals surface area contributed by atoms with Gasteiger partial charge in [-0.1, -0.05) is 23.7 Å². The lowest BCUT2D eigenvalue weighted by molar-refractivity contribution is -0.142. The van der Waals surface area contributed by atoms with Gasteiger partial charge in [-0.15, -0.1) is 0 Å². The van der Waals surface area contributed by atoms with Crippen LogP contribution in [0.4, 0.5) is 0 Å². The lowest BCUT2D eigenvalue weighted by Gasteiger charge is -2.31. The van der Waals surface area contributed by atoms with Gasteiger partial charge in [0.05, 0.1) is 0 Å². The van der Waals surface area contributed by atoms with E-state index in [0.29, 0.717) is 18.0 Å². The number of benzene rings is 1. The molecule has 0 radical (unpaired) electrons. The minimum Gasteiger partial charge on any atom is -0.350 e. The molecule has 0 saturated carbocycles. The van der Waals surface area contributed by atoms with E-state index in [2.05, 4.69) is 5.32 Å². The van der Waals surface area contributed by atoms with Crippen LogP contribution in [0, 0.1) is 6.92 Å². The summed E-state index contributed by atoms with van der Waals surface area (Å²) in [6.07, 6.45) is 2.04. The first-order chi connectivity index (χ1) is 9.50. The van der Waals surface area contributed by atoms with E-state index >= 15 is 0 Å². The van der Waals surface area contributed by atoms with Gasteiger partial charge in [0.2, 0.25) is 11.8 Å². The summed E-state index contributed by atoms with van der Waals surface area (Å²) in [6, 6.07) is 5.29. The highest BCUT2D eigenvalue weighted by Gasteiger charge is 2.30. The highest BCUT2D eigenvalue weighted by atomic mass is 35.5. The number of hydrogen-bond acceptors (Lipinski definition) is 2. The predicted octanol–water partition coefficient (Wildman–Crippen LogP) is 2.28. The van der Waals surface area contributed by atoms with Gasteiger partial charge in [-0.3, -0.25) is 9.59 Å².